The minimum atomic E-state index is -0.542. The van der Waals surface area contributed by atoms with Crippen LogP contribution < -0.4 is 5.73 Å². The molecule has 0 aromatic rings. The van der Waals surface area contributed by atoms with Crippen molar-refractivity contribution in [2.24, 2.45) is 5.73 Å². The first-order valence-electron chi connectivity index (χ1n) is 4.18. The predicted molar refractivity (Wildman–Crippen MR) is 55.1 cm³/mol. The topological polar surface area (TPSA) is 52.3 Å². The van der Waals surface area contributed by atoms with Gasteiger partial charge in [-0.05, 0) is 17.9 Å². The third kappa shape index (κ3) is 6.50. The van der Waals surface area contributed by atoms with Crippen molar-refractivity contribution in [2.75, 3.05) is 11.5 Å². The molecule has 13 heavy (non-hydrogen) atoms. The van der Waals surface area contributed by atoms with Gasteiger partial charge in [0.2, 0.25) is 0 Å². The number of esters is 1. The van der Waals surface area contributed by atoms with Gasteiger partial charge in [0.1, 0.15) is 12.1 Å². The molecule has 0 aromatic carbocycles. The monoisotopic (exact) mass is 201 g/mol. The maximum absolute atomic E-state index is 11.0. The first kappa shape index (κ1) is 12.3. The van der Waals surface area contributed by atoms with E-state index in [4.69, 9.17) is 5.73 Å². The van der Waals surface area contributed by atoms with Crippen molar-refractivity contribution in [2.45, 2.75) is 26.3 Å². The van der Waals surface area contributed by atoms with E-state index in [1.165, 1.54) is 0 Å². The van der Waals surface area contributed by atoms with Crippen LogP contribution in [0.15, 0.2) is 0 Å². The molecule has 0 bridgehead atoms. The molecule has 0 saturated heterocycles. The number of hydrogen-bond acceptors (Lipinski definition) is 4. The first-order chi connectivity index (χ1) is 6.22. The maximum Gasteiger partial charge on any atom is 0.336 e. The van der Waals surface area contributed by atoms with Gasteiger partial charge in [0, 0.05) is 6.92 Å². The Hall–Kier alpha value is -0.660. The molecule has 74 valence electrons. The van der Waals surface area contributed by atoms with Crippen molar-refractivity contribution in [1.29, 1.82) is 0 Å². The Morgan fingerprint density at radius 3 is 2.92 bits per heavy atom. The molecule has 0 heterocycles. The molecule has 0 saturated carbocycles. The Morgan fingerprint density at radius 1 is 1.69 bits per heavy atom. The molecule has 0 rings (SSSR count). The SMILES string of the molecule is CC#COC(=O)[C@@H](N)CCSCC. The second-order valence-corrected chi connectivity index (χ2v) is 3.76. The first-order valence-corrected chi connectivity index (χ1v) is 5.33. The van der Waals surface area contributed by atoms with Gasteiger partial charge in [0.25, 0.3) is 0 Å². The Morgan fingerprint density at radius 2 is 2.38 bits per heavy atom. The molecule has 0 aliphatic heterocycles. The fourth-order valence-electron chi connectivity index (χ4n) is 0.650. The van der Waals surface area contributed by atoms with E-state index >= 15 is 0 Å². The summed E-state index contributed by atoms with van der Waals surface area (Å²) in [5.41, 5.74) is 5.54. The second kappa shape index (κ2) is 7.96. The lowest BCUT2D eigenvalue weighted by molar-refractivity contribution is -0.138. The van der Waals surface area contributed by atoms with Crippen molar-refractivity contribution < 1.29 is 9.53 Å². The Balaban J connectivity index is 3.60. The van der Waals surface area contributed by atoms with Crippen LogP contribution in [-0.4, -0.2) is 23.5 Å². The maximum atomic E-state index is 11.0. The van der Waals surface area contributed by atoms with Gasteiger partial charge >= 0.3 is 5.97 Å². The van der Waals surface area contributed by atoms with E-state index in [9.17, 15) is 4.79 Å². The lowest BCUT2D eigenvalue weighted by Gasteiger charge is -2.06. The molecule has 0 spiro atoms. The van der Waals surface area contributed by atoms with Crippen LogP contribution in [0.3, 0.4) is 0 Å². The minimum Gasteiger partial charge on any atom is -0.371 e. The molecule has 3 nitrogen and oxygen atoms in total. The zero-order valence-corrected chi connectivity index (χ0v) is 8.82. The van der Waals surface area contributed by atoms with Gasteiger partial charge in [-0.2, -0.15) is 11.8 Å². The Bertz CT molecular complexity index is 207. The van der Waals surface area contributed by atoms with Crippen LogP contribution in [0.2, 0.25) is 0 Å². The number of carbonyl (C=O) groups is 1. The van der Waals surface area contributed by atoms with E-state index in [-0.39, 0.29) is 0 Å². The van der Waals surface area contributed by atoms with Crippen LogP contribution in [0.4, 0.5) is 0 Å². The van der Waals surface area contributed by atoms with Gasteiger partial charge in [-0.3, -0.25) is 0 Å². The fraction of sp³-hybridized carbons (Fsp3) is 0.667. The van der Waals surface area contributed by atoms with Crippen LogP contribution in [0.5, 0.6) is 0 Å². The molecule has 0 radical (unpaired) electrons. The number of ether oxygens (including phenoxy) is 1. The highest BCUT2D eigenvalue weighted by Gasteiger charge is 2.13. The minimum absolute atomic E-state index is 0.439. The van der Waals surface area contributed by atoms with E-state index in [2.05, 4.69) is 23.7 Å². The molecular formula is C9H15NO2S. The molecule has 0 aromatic heterocycles. The smallest absolute Gasteiger partial charge is 0.336 e. The van der Waals surface area contributed by atoms with Crippen molar-refractivity contribution >= 4 is 17.7 Å². The molecular weight excluding hydrogens is 186 g/mol. The summed E-state index contributed by atoms with van der Waals surface area (Å²) in [5, 5.41) is 0. The van der Waals surface area contributed by atoms with Gasteiger partial charge in [-0.1, -0.05) is 12.8 Å². The van der Waals surface area contributed by atoms with E-state index < -0.39 is 12.0 Å². The van der Waals surface area contributed by atoms with Gasteiger partial charge in [0.15, 0.2) is 0 Å². The lowest BCUT2D eigenvalue weighted by atomic mass is 10.2. The highest BCUT2D eigenvalue weighted by atomic mass is 32.2. The summed E-state index contributed by atoms with van der Waals surface area (Å²) < 4.78 is 4.55. The third-order valence-electron chi connectivity index (χ3n) is 1.33. The van der Waals surface area contributed by atoms with E-state index in [1.54, 1.807) is 18.7 Å². The number of nitrogens with two attached hydrogens (primary N) is 1. The number of rotatable bonds is 5. The predicted octanol–water partition coefficient (Wildman–Crippen LogP) is 0.981. The normalized spacial score (nSPS) is 11.3. The average Bonchev–Trinajstić information content (AvgIpc) is 2.14. The van der Waals surface area contributed by atoms with Crippen LogP contribution in [0.1, 0.15) is 20.3 Å². The molecule has 0 aliphatic rings. The van der Waals surface area contributed by atoms with Crippen LogP contribution in [0.25, 0.3) is 0 Å². The van der Waals surface area contributed by atoms with E-state index in [0.717, 1.165) is 11.5 Å². The fourth-order valence-corrected chi connectivity index (χ4v) is 1.36. The standard InChI is InChI=1S/C9H15NO2S/c1-3-6-12-9(11)8(10)5-7-13-4-2/h8H,4-5,7,10H2,1-2H3/t8-/m0/s1. The molecule has 0 aliphatic carbocycles. The number of hydrogen-bond donors (Lipinski definition) is 1. The van der Waals surface area contributed by atoms with Gasteiger partial charge in [-0.25, -0.2) is 4.79 Å². The quantitative estimate of drug-likeness (QED) is 0.409. The van der Waals surface area contributed by atoms with E-state index in [1.807, 2.05) is 0 Å². The summed E-state index contributed by atoms with van der Waals surface area (Å²) in [5.74, 6) is 3.95. The van der Waals surface area contributed by atoms with Crippen molar-refractivity contribution in [3.8, 4) is 12.0 Å². The lowest BCUT2D eigenvalue weighted by Crippen LogP contribution is -2.31. The third-order valence-corrected chi connectivity index (χ3v) is 2.27. The summed E-state index contributed by atoms with van der Waals surface area (Å²) in [7, 11) is 0. The van der Waals surface area contributed by atoms with Crippen LogP contribution in [-0.2, 0) is 9.53 Å². The van der Waals surface area contributed by atoms with Crippen molar-refractivity contribution in [3.05, 3.63) is 0 Å². The van der Waals surface area contributed by atoms with Crippen molar-refractivity contribution in [1.82, 2.24) is 0 Å². The molecule has 0 fully saturated rings. The molecule has 4 heteroatoms. The Kier molecular flexibility index (Phi) is 7.56. The highest BCUT2D eigenvalue weighted by Crippen LogP contribution is 2.03. The number of thioether (sulfide) groups is 1. The van der Waals surface area contributed by atoms with Crippen LogP contribution >= 0.6 is 11.8 Å². The number of carbonyl (C=O) groups excluding carboxylic acids is 1. The van der Waals surface area contributed by atoms with Gasteiger partial charge in [-0.15, -0.1) is 0 Å². The summed E-state index contributed by atoms with van der Waals surface area (Å²) in [6, 6.07) is -0.542. The second-order valence-electron chi connectivity index (χ2n) is 2.37. The Labute approximate surface area is 83.4 Å². The summed E-state index contributed by atoms with van der Waals surface area (Å²) >= 11 is 1.75. The van der Waals surface area contributed by atoms with Gasteiger partial charge in [0.05, 0.1) is 0 Å². The molecule has 1 atom stereocenters. The van der Waals surface area contributed by atoms with Crippen molar-refractivity contribution in [3.63, 3.8) is 0 Å². The zero-order valence-electron chi connectivity index (χ0n) is 8.00. The average molecular weight is 201 g/mol. The molecule has 2 N–H and O–H groups in total. The van der Waals surface area contributed by atoms with Crippen LogP contribution in [0, 0.1) is 12.0 Å². The summed E-state index contributed by atoms with van der Waals surface area (Å²) in [4.78, 5) is 11.0. The zero-order chi connectivity index (χ0) is 10.1. The highest BCUT2D eigenvalue weighted by molar-refractivity contribution is 7.99. The molecule has 0 amide bonds. The van der Waals surface area contributed by atoms with E-state index in [0.29, 0.717) is 6.42 Å². The molecule has 0 unspecified atom stereocenters. The summed E-state index contributed by atoms with van der Waals surface area (Å²) in [6.07, 6.45) is 2.87. The van der Waals surface area contributed by atoms with Gasteiger partial charge < -0.3 is 10.5 Å². The summed E-state index contributed by atoms with van der Waals surface area (Å²) in [6.45, 7) is 3.67. The largest absolute Gasteiger partial charge is 0.371 e.